The number of hydrogen-bond donors (Lipinski definition) is 2. The third kappa shape index (κ3) is 6.17. The van der Waals surface area contributed by atoms with E-state index < -0.39 is 0 Å². The molecule has 1 aromatic rings. The molecule has 118 valence electrons. The molecule has 21 heavy (non-hydrogen) atoms. The lowest BCUT2D eigenvalue weighted by Gasteiger charge is -2.18. The van der Waals surface area contributed by atoms with Crippen LogP contribution in [0.5, 0.6) is 5.75 Å². The lowest BCUT2D eigenvalue weighted by molar-refractivity contribution is -0.125. The Morgan fingerprint density at radius 1 is 1.19 bits per heavy atom. The molecule has 0 aliphatic carbocycles. The molecule has 4 heteroatoms. The van der Waals surface area contributed by atoms with E-state index in [4.69, 9.17) is 10.5 Å². The molecule has 3 N–H and O–H groups in total. The van der Waals surface area contributed by atoms with Crippen molar-refractivity contribution in [2.45, 2.75) is 52.1 Å². The van der Waals surface area contributed by atoms with Crippen molar-refractivity contribution >= 4 is 5.91 Å². The molecule has 0 spiro atoms. The Hall–Kier alpha value is -1.55. The first-order valence-electron chi connectivity index (χ1n) is 7.64. The zero-order chi connectivity index (χ0) is 15.8. The third-order valence-corrected chi connectivity index (χ3v) is 3.72. The van der Waals surface area contributed by atoms with Crippen LogP contribution in [-0.4, -0.2) is 19.1 Å². The van der Waals surface area contributed by atoms with Gasteiger partial charge in [0.1, 0.15) is 5.75 Å². The van der Waals surface area contributed by atoms with Crippen molar-refractivity contribution in [1.29, 1.82) is 0 Å². The van der Waals surface area contributed by atoms with E-state index in [1.165, 1.54) is 0 Å². The molecule has 4 nitrogen and oxygen atoms in total. The molecule has 0 aliphatic heterocycles. The number of carbonyl (C=O) groups excluding carboxylic acids is 1. The van der Waals surface area contributed by atoms with Crippen LogP contribution in [0.25, 0.3) is 0 Å². The highest BCUT2D eigenvalue weighted by Gasteiger charge is 2.16. The first kappa shape index (κ1) is 17.5. The van der Waals surface area contributed by atoms with Gasteiger partial charge < -0.3 is 15.8 Å². The lowest BCUT2D eigenvalue weighted by atomic mass is 10.0. The van der Waals surface area contributed by atoms with Crippen LogP contribution in [0.4, 0.5) is 0 Å². The summed E-state index contributed by atoms with van der Waals surface area (Å²) < 4.78 is 5.13. The zero-order valence-electron chi connectivity index (χ0n) is 13.6. The van der Waals surface area contributed by atoms with Crippen molar-refractivity contribution in [1.82, 2.24) is 5.32 Å². The number of nitrogens with two attached hydrogens (primary N) is 1. The second-order valence-corrected chi connectivity index (χ2v) is 5.81. The van der Waals surface area contributed by atoms with Gasteiger partial charge in [0.2, 0.25) is 5.91 Å². The van der Waals surface area contributed by atoms with E-state index in [2.05, 4.69) is 5.32 Å². The van der Waals surface area contributed by atoms with Crippen LogP contribution >= 0.6 is 0 Å². The van der Waals surface area contributed by atoms with E-state index in [1.54, 1.807) is 7.11 Å². The van der Waals surface area contributed by atoms with Crippen molar-refractivity contribution in [3.63, 3.8) is 0 Å². The summed E-state index contributed by atoms with van der Waals surface area (Å²) in [6.45, 7) is 5.96. The van der Waals surface area contributed by atoms with Crippen LogP contribution in [0, 0.1) is 5.92 Å². The maximum atomic E-state index is 12.2. The number of carbonyl (C=O) groups is 1. The lowest BCUT2D eigenvalue weighted by Crippen LogP contribution is -2.31. The van der Waals surface area contributed by atoms with Crippen molar-refractivity contribution < 1.29 is 9.53 Å². The van der Waals surface area contributed by atoms with Crippen molar-refractivity contribution in [2.75, 3.05) is 7.11 Å². The summed E-state index contributed by atoms with van der Waals surface area (Å²) in [6, 6.07) is 7.97. The minimum atomic E-state index is -0.000659. The van der Waals surface area contributed by atoms with E-state index in [0.717, 1.165) is 30.6 Å². The van der Waals surface area contributed by atoms with Crippen LogP contribution in [0.1, 0.15) is 51.6 Å². The fraction of sp³-hybridized carbons (Fsp3) is 0.588. The number of ether oxygens (including phenoxy) is 1. The molecule has 0 aromatic heterocycles. The van der Waals surface area contributed by atoms with Gasteiger partial charge in [0, 0.05) is 12.0 Å². The number of methoxy groups -OCH3 is 1. The summed E-state index contributed by atoms with van der Waals surface area (Å²) in [6.07, 6.45) is 2.83. The third-order valence-electron chi connectivity index (χ3n) is 3.72. The fourth-order valence-electron chi connectivity index (χ4n) is 2.21. The van der Waals surface area contributed by atoms with Crippen LogP contribution in [0.2, 0.25) is 0 Å². The molecule has 1 rings (SSSR count). The van der Waals surface area contributed by atoms with Crippen LogP contribution in [0.3, 0.4) is 0 Å². The molecule has 0 fully saturated rings. The average Bonchev–Trinajstić information content (AvgIpc) is 2.46. The van der Waals surface area contributed by atoms with Crippen molar-refractivity contribution in [2.24, 2.45) is 11.7 Å². The minimum Gasteiger partial charge on any atom is -0.497 e. The maximum absolute atomic E-state index is 12.2. The van der Waals surface area contributed by atoms with E-state index >= 15 is 0 Å². The molecule has 0 radical (unpaired) electrons. The summed E-state index contributed by atoms with van der Waals surface area (Å²) in [5.74, 6) is 0.939. The predicted molar refractivity (Wildman–Crippen MR) is 86.2 cm³/mol. The molecular formula is C17H28N2O2. The molecule has 0 saturated carbocycles. The minimum absolute atomic E-state index is 0.000659. The van der Waals surface area contributed by atoms with Gasteiger partial charge in [-0.25, -0.2) is 0 Å². The fourth-order valence-corrected chi connectivity index (χ4v) is 2.21. The van der Waals surface area contributed by atoms with Gasteiger partial charge in [-0.3, -0.25) is 4.79 Å². The van der Waals surface area contributed by atoms with Gasteiger partial charge in [-0.2, -0.15) is 0 Å². The first-order chi connectivity index (χ1) is 9.93. The SMILES string of the molecule is COc1ccc(C(C)NC(=O)C(C)CCCC(C)N)cc1. The summed E-state index contributed by atoms with van der Waals surface area (Å²) in [4.78, 5) is 12.2. The molecule has 3 unspecified atom stereocenters. The topological polar surface area (TPSA) is 64.3 Å². The number of hydrogen-bond acceptors (Lipinski definition) is 3. The highest BCUT2D eigenvalue weighted by molar-refractivity contribution is 5.78. The normalized spacial score (nSPS) is 15.1. The smallest absolute Gasteiger partial charge is 0.223 e. The van der Waals surface area contributed by atoms with E-state index in [1.807, 2.05) is 45.0 Å². The highest BCUT2D eigenvalue weighted by atomic mass is 16.5. The van der Waals surface area contributed by atoms with Crippen LogP contribution in [0.15, 0.2) is 24.3 Å². The largest absolute Gasteiger partial charge is 0.497 e. The van der Waals surface area contributed by atoms with Gasteiger partial charge in [0.15, 0.2) is 0 Å². The summed E-state index contributed by atoms with van der Waals surface area (Å²) in [5.41, 5.74) is 6.80. The standard InChI is InChI=1S/C17H28N2O2/c1-12(6-5-7-13(2)18)17(20)19-14(3)15-8-10-16(21-4)11-9-15/h8-14H,5-7,18H2,1-4H3,(H,19,20). The van der Waals surface area contributed by atoms with Gasteiger partial charge in [0.25, 0.3) is 0 Å². The monoisotopic (exact) mass is 292 g/mol. The Bertz CT molecular complexity index is 429. The van der Waals surface area contributed by atoms with Gasteiger partial charge in [-0.15, -0.1) is 0 Å². The molecule has 1 amide bonds. The highest BCUT2D eigenvalue weighted by Crippen LogP contribution is 2.18. The van der Waals surface area contributed by atoms with Crippen LogP contribution < -0.4 is 15.8 Å². The molecule has 0 aliphatic rings. The molecule has 3 atom stereocenters. The predicted octanol–water partition coefficient (Wildman–Crippen LogP) is 3.03. The quantitative estimate of drug-likeness (QED) is 0.774. The summed E-state index contributed by atoms with van der Waals surface area (Å²) in [5, 5.41) is 3.06. The zero-order valence-corrected chi connectivity index (χ0v) is 13.6. The van der Waals surface area contributed by atoms with E-state index in [9.17, 15) is 4.79 Å². The summed E-state index contributed by atoms with van der Waals surface area (Å²) >= 11 is 0. The van der Waals surface area contributed by atoms with Crippen molar-refractivity contribution in [3.8, 4) is 5.75 Å². The second-order valence-electron chi connectivity index (χ2n) is 5.81. The Morgan fingerprint density at radius 2 is 1.81 bits per heavy atom. The second kappa shape index (κ2) is 8.67. The molecular weight excluding hydrogens is 264 g/mol. The van der Waals surface area contributed by atoms with Crippen LogP contribution in [-0.2, 0) is 4.79 Å². The van der Waals surface area contributed by atoms with Gasteiger partial charge in [-0.05, 0) is 44.4 Å². The summed E-state index contributed by atoms with van der Waals surface area (Å²) in [7, 11) is 1.64. The van der Waals surface area contributed by atoms with Gasteiger partial charge in [-0.1, -0.05) is 25.5 Å². The molecule has 1 aromatic carbocycles. The number of benzene rings is 1. The maximum Gasteiger partial charge on any atom is 0.223 e. The average molecular weight is 292 g/mol. The van der Waals surface area contributed by atoms with Crippen molar-refractivity contribution in [3.05, 3.63) is 29.8 Å². The first-order valence-corrected chi connectivity index (χ1v) is 7.64. The number of nitrogens with one attached hydrogen (secondary N) is 1. The Balaban J connectivity index is 2.44. The molecule has 0 bridgehead atoms. The Morgan fingerprint density at radius 3 is 2.33 bits per heavy atom. The van der Waals surface area contributed by atoms with E-state index in [0.29, 0.717) is 0 Å². The number of amides is 1. The van der Waals surface area contributed by atoms with E-state index in [-0.39, 0.29) is 23.9 Å². The Kier molecular flexibility index (Phi) is 7.23. The van der Waals surface area contributed by atoms with Gasteiger partial charge >= 0.3 is 0 Å². The van der Waals surface area contributed by atoms with Gasteiger partial charge in [0.05, 0.1) is 13.2 Å². The molecule has 0 saturated heterocycles. The number of rotatable bonds is 8. The molecule has 0 heterocycles. The Labute approximate surface area is 128 Å².